The number of alkyl halides is 3. The smallest absolute Gasteiger partial charge is 0.412 e. The number of hydrogen-bond donors (Lipinski definition) is 1. The van der Waals surface area contributed by atoms with Crippen molar-refractivity contribution in [2.24, 2.45) is 0 Å². The van der Waals surface area contributed by atoms with Crippen LogP contribution in [0.4, 0.5) is 13.2 Å². The minimum atomic E-state index is -4.37. The predicted octanol–water partition coefficient (Wildman–Crippen LogP) is 2.50. The van der Waals surface area contributed by atoms with Gasteiger partial charge in [0.2, 0.25) is 0 Å². The second-order valence-electron chi connectivity index (χ2n) is 7.03. The third-order valence-electron chi connectivity index (χ3n) is 4.69. The molecule has 3 N–H and O–H groups in total. The maximum atomic E-state index is 12.6. The van der Waals surface area contributed by atoms with Crippen LogP contribution in [0.15, 0.2) is 34.9 Å². The molecule has 1 aromatic heterocycles. The monoisotopic (exact) mass is 489 g/mol. The number of aliphatic hydroxyl groups is 1. The number of nitrogens with zero attached hydrogens (tertiary/aromatic N) is 3. The van der Waals surface area contributed by atoms with Crippen molar-refractivity contribution in [3.05, 3.63) is 41.7 Å². The van der Waals surface area contributed by atoms with E-state index in [0.717, 1.165) is 38.3 Å². The molecule has 1 aromatic carbocycles. The van der Waals surface area contributed by atoms with Crippen molar-refractivity contribution in [3.8, 4) is 11.3 Å². The van der Waals surface area contributed by atoms with Crippen LogP contribution < -0.4 is 0 Å². The number of β-amino-alcohol motifs (C(OH)–C–C–N with tert-alkyl or cyclic N) is 1. The van der Waals surface area contributed by atoms with Gasteiger partial charge < -0.3 is 24.7 Å². The van der Waals surface area contributed by atoms with E-state index in [-0.39, 0.29) is 43.5 Å². The molecule has 1 atom stereocenters. The first kappa shape index (κ1) is 29.6. The van der Waals surface area contributed by atoms with Gasteiger partial charge in [-0.05, 0) is 19.2 Å². The molecule has 0 aliphatic carbocycles. The third-order valence-corrected chi connectivity index (χ3v) is 4.69. The van der Waals surface area contributed by atoms with Gasteiger partial charge in [-0.25, -0.2) is 0 Å². The Morgan fingerprint density at radius 1 is 1.13 bits per heavy atom. The Labute approximate surface area is 191 Å². The summed E-state index contributed by atoms with van der Waals surface area (Å²) in [7, 11) is 2.08. The lowest BCUT2D eigenvalue weighted by Gasteiger charge is -2.33. The fourth-order valence-corrected chi connectivity index (χ4v) is 3.02. The molecule has 2 heterocycles. The van der Waals surface area contributed by atoms with E-state index in [1.54, 1.807) is 6.07 Å². The van der Waals surface area contributed by atoms with E-state index in [9.17, 15) is 18.3 Å². The highest BCUT2D eigenvalue weighted by Crippen LogP contribution is 2.30. The molecule has 0 bridgehead atoms. The highest BCUT2D eigenvalue weighted by Gasteiger charge is 2.30. The van der Waals surface area contributed by atoms with Gasteiger partial charge in [0.15, 0.2) is 5.76 Å². The Kier molecular flexibility index (Phi) is 12.6. The van der Waals surface area contributed by atoms with Crippen molar-refractivity contribution in [1.82, 2.24) is 15.0 Å². The molecule has 1 saturated heterocycles. The van der Waals surface area contributed by atoms with Crippen LogP contribution in [0.25, 0.3) is 11.3 Å². The van der Waals surface area contributed by atoms with E-state index in [2.05, 4.69) is 22.0 Å². The first-order chi connectivity index (χ1) is 13.3. The largest absolute Gasteiger partial charge is 0.416 e. The average molecular weight is 490 g/mol. The second-order valence-corrected chi connectivity index (χ2v) is 7.03. The minimum absolute atomic E-state index is 0. The summed E-state index contributed by atoms with van der Waals surface area (Å²) in [6.45, 7) is 4.67. The van der Waals surface area contributed by atoms with Crippen molar-refractivity contribution in [3.63, 3.8) is 0 Å². The van der Waals surface area contributed by atoms with Gasteiger partial charge in [-0.1, -0.05) is 17.3 Å². The molecule has 1 unspecified atom stereocenters. The normalized spacial score (nSPS) is 16.0. The highest BCUT2D eigenvalue weighted by atomic mass is 35.5. The predicted molar refractivity (Wildman–Crippen MR) is 115 cm³/mol. The van der Waals surface area contributed by atoms with Crippen LogP contribution >= 0.6 is 24.8 Å². The number of aromatic nitrogens is 1. The zero-order chi connectivity index (χ0) is 20.1. The molecule has 1 aliphatic rings. The van der Waals surface area contributed by atoms with E-state index < -0.39 is 17.8 Å². The van der Waals surface area contributed by atoms with E-state index in [1.165, 1.54) is 12.1 Å². The summed E-state index contributed by atoms with van der Waals surface area (Å²) in [5.41, 5.74) is 0.251. The highest BCUT2D eigenvalue weighted by molar-refractivity contribution is 5.85. The summed E-state index contributed by atoms with van der Waals surface area (Å²) >= 11 is 0. The maximum Gasteiger partial charge on any atom is 0.416 e. The molecule has 31 heavy (non-hydrogen) atoms. The molecule has 12 heteroatoms. The van der Waals surface area contributed by atoms with E-state index in [4.69, 9.17) is 9.26 Å². The van der Waals surface area contributed by atoms with Crippen molar-refractivity contribution >= 4 is 24.8 Å². The zero-order valence-electron chi connectivity index (χ0n) is 17.0. The van der Waals surface area contributed by atoms with Crippen LogP contribution in [-0.4, -0.2) is 78.0 Å². The Morgan fingerprint density at radius 2 is 1.74 bits per heavy atom. The zero-order valence-corrected chi connectivity index (χ0v) is 18.6. The van der Waals surface area contributed by atoms with Gasteiger partial charge in [0.1, 0.15) is 12.3 Å². The summed E-state index contributed by atoms with van der Waals surface area (Å²) in [4.78, 5) is 4.45. The minimum Gasteiger partial charge on any atom is -0.412 e. The van der Waals surface area contributed by atoms with Crippen LogP contribution in [0.2, 0.25) is 0 Å². The van der Waals surface area contributed by atoms with Crippen LogP contribution in [-0.2, 0) is 17.5 Å². The van der Waals surface area contributed by atoms with Gasteiger partial charge >= 0.3 is 6.18 Å². The molecule has 2 aromatic rings. The lowest BCUT2D eigenvalue weighted by atomic mass is 10.1. The molecule has 1 aliphatic heterocycles. The average Bonchev–Trinajstić information content (AvgIpc) is 3.12. The Hall–Kier alpha value is -1.40. The first-order valence-corrected chi connectivity index (χ1v) is 9.11. The fraction of sp³-hybridized carbons (Fsp3) is 0.526. The third kappa shape index (κ3) is 8.93. The second kappa shape index (κ2) is 13.2. The number of hydrogen-bond acceptors (Lipinski definition) is 6. The Bertz CT molecular complexity index is 755. The SMILES string of the molecule is CN1CCN(CC(O)COCc2cc(-c3ccc(C(F)(F)F)cc3)no2)CC1.Cl.Cl.O. The summed E-state index contributed by atoms with van der Waals surface area (Å²) in [6, 6.07) is 6.34. The molecule has 0 radical (unpaired) electrons. The van der Waals surface area contributed by atoms with E-state index in [1.807, 2.05) is 0 Å². The Balaban J connectivity index is 0.00000300. The maximum absolute atomic E-state index is 12.6. The van der Waals surface area contributed by atoms with Gasteiger partial charge in [0.05, 0.1) is 18.3 Å². The van der Waals surface area contributed by atoms with Gasteiger partial charge in [0, 0.05) is 44.4 Å². The van der Waals surface area contributed by atoms with Crippen molar-refractivity contribution in [1.29, 1.82) is 0 Å². The summed E-state index contributed by atoms with van der Waals surface area (Å²) < 4.78 is 48.5. The molecule has 178 valence electrons. The molecule has 0 spiro atoms. The number of benzene rings is 1. The number of aliphatic hydroxyl groups excluding tert-OH is 1. The van der Waals surface area contributed by atoms with Gasteiger partial charge in [-0.15, -0.1) is 24.8 Å². The number of rotatable bonds is 7. The van der Waals surface area contributed by atoms with E-state index >= 15 is 0 Å². The fourth-order valence-electron chi connectivity index (χ4n) is 3.02. The van der Waals surface area contributed by atoms with Crippen molar-refractivity contribution < 1.29 is 33.0 Å². The molecule has 7 nitrogen and oxygen atoms in total. The first-order valence-electron chi connectivity index (χ1n) is 9.11. The number of likely N-dealkylation sites (N-methyl/N-ethyl adjacent to an activating group) is 1. The van der Waals surface area contributed by atoms with Crippen LogP contribution in [0, 0.1) is 0 Å². The summed E-state index contributed by atoms with van der Waals surface area (Å²) in [5.74, 6) is 0.446. The van der Waals surface area contributed by atoms with Crippen LogP contribution in [0.1, 0.15) is 11.3 Å². The van der Waals surface area contributed by atoms with Gasteiger partial charge in [0.25, 0.3) is 0 Å². The van der Waals surface area contributed by atoms with Crippen molar-refractivity contribution in [2.75, 3.05) is 46.4 Å². The molecule has 3 rings (SSSR count). The molecule has 1 fully saturated rings. The molecular weight excluding hydrogens is 462 g/mol. The van der Waals surface area contributed by atoms with Crippen LogP contribution in [0.5, 0.6) is 0 Å². The number of piperazine rings is 1. The summed E-state index contributed by atoms with van der Waals surface area (Å²) in [5, 5.41) is 14.0. The Morgan fingerprint density at radius 3 is 2.32 bits per heavy atom. The standard InChI is InChI=1S/C19H24F3N3O3.2ClH.H2O/c1-24-6-8-25(9-7-24)11-16(26)12-27-13-17-10-18(23-28-17)14-2-4-15(5-3-14)19(20,21)22;;;/h2-5,10,16,26H,6-9,11-13H2,1H3;2*1H;1H2. The quantitative estimate of drug-likeness (QED) is 0.642. The van der Waals surface area contributed by atoms with Gasteiger partial charge in [-0.3, -0.25) is 4.90 Å². The van der Waals surface area contributed by atoms with Gasteiger partial charge in [-0.2, -0.15) is 13.2 Å². The number of halogens is 5. The number of ether oxygens (including phenoxy) is 1. The molecule has 0 saturated carbocycles. The molecule has 0 amide bonds. The van der Waals surface area contributed by atoms with E-state index in [0.29, 0.717) is 23.6 Å². The lowest BCUT2D eigenvalue weighted by Crippen LogP contribution is -2.47. The lowest BCUT2D eigenvalue weighted by molar-refractivity contribution is -0.137. The van der Waals surface area contributed by atoms with Crippen molar-refractivity contribution in [2.45, 2.75) is 18.9 Å². The summed E-state index contributed by atoms with van der Waals surface area (Å²) in [6.07, 6.45) is -4.97. The molecular formula is C19H28Cl2F3N3O4. The van der Waals surface area contributed by atoms with Crippen LogP contribution in [0.3, 0.4) is 0 Å². The topological polar surface area (TPSA) is 93.5 Å².